The minimum Gasteiger partial charge on any atom is -0.426 e. The normalized spacial score (nSPS) is 14.6. The lowest BCUT2D eigenvalue weighted by molar-refractivity contribution is -0.135. The molecule has 0 atom stereocenters. The maximum atomic E-state index is 10.9. The summed E-state index contributed by atoms with van der Waals surface area (Å²) in [6.45, 7) is 0. The van der Waals surface area contributed by atoms with Gasteiger partial charge in [-0.3, -0.25) is 4.79 Å². The van der Waals surface area contributed by atoms with Crippen LogP contribution in [0.1, 0.15) is 12.0 Å². The number of ether oxygens (including phenoxy) is 1. The second-order valence-electron chi connectivity index (χ2n) is 3.21. The van der Waals surface area contributed by atoms with Crippen molar-refractivity contribution in [2.24, 2.45) is 0 Å². The fourth-order valence-electron chi connectivity index (χ4n) is 1.47. The lowest BCUT2D eigenvalue weighted by atomic mass is 9.79. The van der Waals surface area contributed by atoms with Gasteiger partial charge in [0.2, 0.25) is 0 Å². The number of fused-ring (bicyclic) bond motifs is 1. The zero-order valence-corrected chi connectivity index (χ0v) is 7.43. The molecule has 72 valence electrons. The smallest absolute Gasteiger partial charge is 0.426 e. The Kier molecular flexibility index (Phi) is 2.27. The molecule has 1 aliphatic heterocycles. The minimum absolute atomic E-state index is 0.241. The number of esters is 1. The molecule has 0 amide bonds. The molecular formula is C9H9BO4. The van der Waals surface area contributed by atoms with E-state index in [9.17, 15) is 4.79 Å². The van der Waals surface area contributed by atoms with Crippen LogP contribution in [-0.2, 0) is 11.2 Å². The van der Waals surface area contributed by atoms with Gasteiger partial charge in [-0.25, -0.2) is 0 Å². The van der Waals surface area contributed by atoms with E-state index in [4.69, 9.17) is 14.8 Å². The van der Waals surface area contributed by atoms with Crippen molar-refractivity contribution in [3.8, 4) is 5.75 Å². The van der Waals surface area contributed by atoms with Gasteiger partial charge in [0.05, 0.1) is 6.42 Å². The lowest BCUT2D eigenvalue weighted by Gasteiger charge is -2.15. The van der Waals surface area contributed by atoms with Crippen molar-refractivity contribution in [3.63, 3.8) is 0 Å². The Morgan fingerprint density at radius 2 is 2.07 bits per heavy atom. The Morgan fingerprint density at radius 1 is 1.29 bits per heavy atom. The molecule has 0 spiro atoms. The van der Waals surface area contributed by atoms with E-state index in [1.54, 1.807) is 12.1 Å². The second-order valence-corrected chi connectivity index (χ2v) is 3.21. The maximum absolute atomic E-state index is 10.9. The van der Waals surface area contributed by atoms with Gasteiger partial charge in [-0.2, -0.15) is 0 Å². The van der Waals surface area contributed by atoms with E-state index in [-0.39, 0.29) is 5.97 Å². The predicted octanol–water partition coefficient (Wildman–Crippen LogP) is -0.782. The van der Waals surface area contributed by atoms with Crippen molar-refractivity contribution in [3.05, 3.63) is 23.8 Å². The molecule has 0 aliphatic carbocycles. The van der Waals surface area contributed by atoms with Gasteiger partial charge >= 0.3 is 13.1 Å². The highest BCUT2D eigenvalue weighted by molar-refractivity contribution is 6.58. The van der Waals surface area contributed by atoms with E-state index in [0.29, 0.717) is 24.1 Å². The van der Waals surface area contributed by atoms with Gasteiger partial charge in [0.15, 0.2) is 0 Å². The number of carbonyl (C=O) groups is 1. The van der Waals surface area contributed by atoms with Crippen LogP contribution < -0.4 is 10.2 Å². The van der Waals surface area contributed by atoms with Gasteiger partial charge in [0.1, 0.15) is 5.75 Å². The molecule has 0 fully saturated rings. The first-order chi connectivity index (χ1) is 6.66. The number of benzene rings is 1. The van der Waals surface area contributed by atoms with E-state index in [2.05, 4.69) is 0 Å². The van der Waals surface area contributed by atoms with Crippen LogP contribution in [0.5, 0.6) is 5.75 Å². The van der Waals surface area contributed by atoms with Crippen LogP contribution in [0.15, 0.2) is 18.2 Å². The molecule has 0 saturated heterocycles. The van der Waals surface area contributed by atoms with Gasteiger partial charge in [-0.1, -0.05) is 12.1 Å². The van der Waals surface area contributed by atoms with Crippen molar-refractivity contribution in [2.45, 2.75) is 12.8 Å². The molecule has 1 aromatic rings. The van der Waals surface area contributed by atoms with Crippen LogP contribution in [0.4, 0.5) is 0 Å². The third-order valence-corrected chi connectivity index (χ3v) is 2.20. The van der Waals surface area contributed by atoms with Crippen LogP contribution >= 0.6 is 0 Å². The molecular weight excluding hydrogens is 183 g/mol. The zero-order chi connectivity index (χ0) is 10.1. The first kappa shape index (κ1) is 9.24. The summed E-state index contributed by atoms with van der Waals surface area (Å²) in [6, 6.07) is 4.76. The van der Waals surface area contributed by atoms with Crippen LogP contribution in [0.2, 0.25) is 0 Å². The molecule has 1 aliphatic rings. The summed E-state index contributed by atoms with van der Waals surface area (Å²) in [7, 11) is -1.47. The van der Waals surface area contributed by atoms with Gasteiger partial charge in [0, 0.05) is 0 Å². The monoisotopic (exact) mass is 192 g/mol. The van der Waals surface area contributed by atoms with E-state index < -0.39 is 7.12 Å². The van der Waals surface area contributed by atoms with E-state index in [0.717, 1.165) is 5.56 Å². The number of rotatable bonds is 1. The Labute approximate surface area is 81.3 Å². The molecule has 0 saturated carbocycles. The fraction of sp³-hybridized carbons (Fsp3) is 0.222. The summed E-state index contributed by atoms with van der Waals surface area (Å²) in [5.74, 6) is 0.278. The van der Waals surface area contributed by atoms with E-state index in [1.807, 2.05) is 0 Å². The Bertz CT molecular complexity index is 375. The van der Waals surface area contributed by atoms with Crippen LogP contribution in [0.3, 0.4) is 0 Å². The SMILES string of the molecule is O=C1CCc2cc(B(O)O)ccc2O1. The first-order valence-electron chi connectivity index (χ1n) is 4.36. The Morgan fingerprint density at radius 3 is 2.79 bits per heavy atom. The number of carbonyl (C=O) groups excluding carboxylic acids is 1. The number of hydrogen-bond donors (Lipinski definition) is 2. The van der Waals surface area contributed by atoms with Crippen LogP contribution in [0, 0.1) is 0 Å². The third kappa shape index (κ3) is 1.64. The number of hydrogen-bond acceptors (Lipinski definition) is 4. The first-order valence-corrected chi connectivity index (χ1v) is 4.36. The summed E-state index contributed by atoms with van der Waals surface area (Å²) in [4.78, 5) is 10.9. The fourth-order valence-corrected chi connectivity index (χ4v) is 1.47. The highest BCUT2D eigenvalue weighted by atomic mass is 16.5. The molecule has 14 heavy (non-hydrogen) atoms. The Hall–Kier alpha value is -1.33. The average Bonchev–Trinajstić information content (AvgIpc) is 2.16. The lowest BCUT2D eigenvalue weighted by Crippen LogP contribution is -2.30. The average molecular weight is 192 g/mol. The Balaban J connectivity index is 2.36. The molecule has 0 radical (unpaired) electrons. The molecule has 1 aromatic carbocycles. The highest BCUT2D eigenvalue weighted by Gasteiger charge is 2.19. The topological polar surface area (TPSA) is 66.8 Å². The van der Waals surface area contributed by atoms with Crippen molar-refractivity contribution < 1.29 is 19.6 Å². The summed E-state index contributed by atoms with van der Waals surface area (Å²) >= 11 is 0. The van der Waals surface area contributed by atoms with Gasteiger partial charge in [-0.15, -0.1) is 0 Å². The van der Waals surface area contributed by atoms with Gasteiger partial charge in [0.25, 0.3) is 0 Å². The van der Waals surface area contributed by atoms with Gasteiger partial charge < -0.3 is 14.8 Å². The van der Waals surface area contributed by atoms with Crippen molar-refractivity contribution in [2.75, 3.05) is 0 Å². The predicted molar refractivity (Wildman–Crippen MR) is 50.2 cm³/mol. The molecule has 0 unspecified atom stereocenters. The zero-order valence-electron chi connectivity index (χ0n) is 7.43. The van der Waals surface area contributed by atoms with E-state index >= 15 is 0 Å². The summed E-state index contributed by atoms with van der Waals surface area (Å²) in [5, 5.41) is 17.9. The quantitative estimate of drug-likeness (QED) is 0.348. The van der Waals surface area contributed by atoms with Crippen molar-refractivity contribution in [1.82, 2.24) is 0 Å². The standard InChI is InChI=1S/C9H9BO4/c11-9-4-1-6-5-7(10(12)13)2-3-8(6)14-9/h2-3,5,12-13H,1,4H2. The molecule has 4 nitrogen and oxygen atoms in total. The molecule has 5 heteroatoms. The van der Waals surface area contributed by atoms with E-state index in [1.165, 1.54) is 6.07 Å². The molecule has 0 bridgehead atoms. The summed E-state index contributed by atoms with van der Waals surface area (Å²) in [6.07, 6.45) is 0.937. The largest absolute Gasteiger partial charge is 0.488 e. The van der Waals surface area contributed by atoms with Crippen molar-refractivity contribution in [1.29, 1.82) is 0 Å². The van der Waals surface area contributed by atoms with Crippen LogP contribution in [-0.4, -0.2) is 23.1 Å². The third-order valence-electron chi connectivity index (χ3n) is 2.20. The van der Waals surface area contributed by atoms with Crippen LogP contribution in [0.25, 0.3) is 0 Å². The molecule has 0 aromatic heterocycles. The maximum Gasteiger partial charge on any atom is 0.488 e. The second kappa shape index (κ2) is 3.44. The number of aryl methyl sites for hydroxylation is 1. The van der Waals surface area contributed by atoms with Crippen molar-refractivity contribution >= 4 is 18.6 Å². The summed E-state index contributed by atoms with van der Waals surface area (Å²) in [5.41, 5.74) is 1.26. The molecule has 1 heterocycles. The minimum atomic E-state index is -1.47. The highest BCUT2D eigenvalue weighted by Crippen LogP contribution is 2.23. The summed E-state index contributed by atoms with van der Waals surface area (Å²) < 4.78 is 4.96. The molecule has 2 rings (SSSR count). The van der Waals surface area contributed by atoms with Gasteiger partial charge in [-0.05, 0) is 23.5 Å². The molecule has 2 N–H and O–H groups in total.